The Bertz CT molecular complexity index is 686. The number of carbonyl (C=O) groups is 1. The summed E-state index contributed by atoms with van der Waals surface area (Å²) >= 11 is 0. The topological polar surface area (TPSA) is 46.3 Å². The van der Waals surface area contributed by atoms with Gasteiger partial charge in [-0.15, -0.1) is 0 Å². The first-order valence-electron chi connectivity index (χ1n) is 7.48. The molecule has 2 N–H and O–H groups in total. The second-order valence-electron chi connectivity index (χ2n) is 5.65. The lowest BCUT2D eigenvalue weighted by molar-refractivity contribution is -0.139. The predicted octanol–water partition coefficient (Wildman–Crippen LogP) is 3.23. The molecule has 2 aromatic carbocycles. The fourth-order valence-electron chi connectivity index (χ4n) is 2.51. The Hall–Kier alpha value is -2.34. The summed E-state index contributed by atoms with van der Waals surface area (Å²) in [5.41, 5.74) is 6.13. The van der Waals surface area contributed by atoms with Crippen LogP contribution < -0.4 is 5.73 Å². The normalized spacial score (nSPS) is 12.7. The largest absolute Gasteiger partial charge is 0.416 e. The Balaban J connectivity index is 2.07. The average Bonchev–Trinajstić information content (AvgIpc) is 2.54. The Labute approximate surface area is 138 Å². The molecule has 0 radical (unpaired) electrons. The molecule has 0 spiro atoms. The van der Waals surface area contributed by atoms with Crippen LogP contribution in [0.3, 0.4) is 0 Å². The highest BCUT2D eigenvalue weighted by atomic mass is 19.4. The first-order chi connectivity index (χ1) is 11.3. The highest BCUT2D eigenvalue weighted by molar-refractivity contribution is 5.81. The summed E-state index contributed by atoms with van der Waals surface area (Å²) in [6, 6.07) is 13.7. The molecular formula is C18H19F3N2O. The highest BCUT2D eigenvalue weighted by Gasteiger charge is 2.33. The Morgan fingerprint density at radius 2 is 1.67 bits per heavy atom. The van der Waals surface area contributed by atoms with Crippen LogP contribution in [-0.2, 0) is 23.9 Å². The van der Waals surface area contributed by atoms with E-state index in [4.69, 9.17) is 5.73 Å². The zero-order valence-corrected chi connectivity index (χ0v) is 13.3. The zero-order valence-electron chi connectivity index (χ0n) is 13.3. The summed E-state index contributed by atoms with van der Waals surface area (Å²) in [7, 11) is 1.46. The lowest BCUT2D eigenvalue weighted by Gasteiger charge is -2.23. The van der Waals surface area contributed by atoms with Gasteiger partial charge in [0, 0.05) is 13.6 Å². The van der Waals surface area contributed by atoms with E-state index in [1.165, 1.54) is 30.1 Å². The van der Waals surface area contributed by atoms with Crippen molar-refractivity contribution >= 4 is 5.91 Å². The summed E-state index contributed by atoms with van der Waals surface area (Å²) < 4.78 is 39.1. The van der Waals surface area contributed by atoms with Crippen LogP contribution in [0.25, 0.3) is 0 Å². The fraction of sp³-hybridized carbons (Fsp3) is 0.278. The van der Waals surface area contributed by atoms with E-state index in [9.17, 15) is 18.0 Å². The number of hydrogen-bond acceptors (Lipinski definition) is 2. The SMILES string of the molecule is CN(Cc1ccccc1C(F)(F)F)C(=O)C(N)Cc1ccccc1. The van der Waals surface area contributed by atoms with E-state index in [2.05, 4.69) is 0 Å². The van der Waals surface area contributed by atoms with Gasteiger partial charge in [-0.3, -0.25) is 4.79 Å². The van der Waals surface area contributed by atoms with E-state index in [1.54, 1.807) is 0 Å². The molecule has 0 aliphatic heterocycles. The predicted molar refractivity (Wildman–Crippen MR) is 86.0 cm³/mol. The van der Waals surface area contributed by atoms with E-state index < -0.39 is 23.7 Å². The van der Waals surface area contributed by atoms with Crippen molar-refractivity contribution in [3.8, 4) is 0 Å². The van der Waals surface area contributed by atoms with E-state index >= 15 is 0 Å². The second-order valence-corrected chi connectivity index (χ2v) is 5.65. The standard InChI is InChI=1S/C18H19F3N2O/c1-23(12-14-9-5-6-10-15(14)18(19,20)21)17(24)16(22)11-13-7-3-2-4-8-13/h2-10,16H,11-12,22H2,1H3. The molecule has 0 heterocycles. The number of nitrogens with zero attached hydrogens (tertiary/aromatic N) is 1. The molecule has 3 nitrogen and oxygen atoms in total. The van der Waals surface area contributed by atoms with Gasteiger partial charge in [0.1, 0.15) is 0 Å². The maximum absolute atomic E-state index is 13.0. The van der Waals surface area contributed by atoms with Crippen molar-refractivity contribution in [2.24, 2.45) is 5.73 Å². The number of likely N-dealkylation sites (N-methyl/N-ethyl adjacent to an activating group) is 1. The molecule has 0 saturated heterocycles. The van der Waals surface area contributed by atoms with Gasteiger partial charge in [0.15, 0.2) is 0 Å². The Morgan fingerprint density at radius 1 is 1.08 bits per heavy atom. The minimum absolute atomic E-state index is 0.0489. The van der Waals surface area contributed by atoms with Gasteiger partial charge in [-0.05, 0) is 23.6 Å². The number of carbonyl (C=O) groups excluding carboxylic acids is 1. The lowest BCUT2D eigenvalue weighted by atomic mass is 10.0. The lowest BCUT2D eigenvalue weighted by Crippen LogP contribution is -2.42. The molecule has 128 valence electrons. The first-order valence-corrected chi connectivity index (χ1v) is 7.48. The second kappa shape index (κ2) is 7.49. The maximum atomic E-state index is 13.0. The third-order valence-corrected chi connectivity index (χ3v) is 3.72. The van der Waals surface area contributed by atoms with Gasteiger partial charge in [0.2, 0.25) is 5.91 Å². The molecule has 0 aromatic heterocycles. The van der Waals surface area contributed by atoms with E-state index in [-0.39, 0.29) is 12.1 Å². The molecule has 0 fully saturated rings. The summed E-state index contributed by atoms with van der Waals surface area (Å²) in [5, 5.41) is 0. The minimum atomic E-state index is -4.45. The number of benzene rings is 2. The third kappa shape index (κ3) is 4.58. The third-order valence-electron chi connectivity index (χ3n) is 3.72. The first kappa shape index (κ1) is 18.0. The maximum Gasteiger partial charge on any atom is 0.416 e. The van der Waals surface area contributed by atoms with Crippen LogP contribution in [0, 0.1) is 0 Å². The van der Waals surface area contributed by atoms with Crippen LogP contribution >= 0.6 is 0 Å². The Morgan fingerprint density at radius 3 is 2.29 bits per heavy atom. The van der Waals surface area contributed by atoms with Crippen molar-refractivity contribution in [2.45, 2.75) is 25.2 Å². The van der Waals surface area contributed by atoms with Crippen molar-refractivity contribution in [3.63, 3.8) is 0 Å². The molecule has 24 heavy (non-hydrogen) atoms. The van der Waals surface area contributed by atoms with Gasteiger partial charge in [0.05, 0.1) is 11.6 Å². The molecule has 1 amide bonds. The van der Waals surface area contributed by atoms with Gasteiger partial charge in [0.25, 0.3) is 0 Å². The molecule has 2 aromatic rings. The molecule has 0 bridgehead atoms. The van der Waals surface area contributed by atoms with Gasteiger partial charge in [-0.2, -0.15) is 13.2 Å². The fourth-order valence-corrected chi connectivity index (χ4v) is 2.51. The number of halogens is 3. The van der Waals surface area contributed by atoms with Gasteiger partial charge in [-0.1, -0.05) is 48.5 Å². The molecule has 1 unspecified atom stereocenters. The van der Waals surface area contributed by atoms with Crippen molar-refractivity contribution in [3.05, 3.63) is 71.3 Å². The molecule has 0 aliphatic carbocycles. The number of amides is 1. The number of nitrogens with two attached hydrogens (primary N) is 1. The summed E-state index contributed by atoms with van der Waals surface area (Å²) in [6.45, 7) is -0.142. The summed E-state index contributed by atoms with van der Waals surface area (Å²) in [5.74, 6) is -0.393. The number of alkyl halides is 3. The summed E-state index contributed by atoms with van der Waals surface area (Å²) in [4.78, 5) is 13.6. The molecule has 2 rings (SSSR count). The van der Waals surface area contributed by atoms with Crippen LogP contribution in [-0.4, -0.2) is 23.9 Å². The van der Waals surface area contributed by atoms with E-state index in [1.807, 2.05) is 30.3 Å². The molecular weight excluding hydrogens is 317 g/mol. The van der Waals surface area contributed by atoms with Gasteiger partial charge < -0.3 is 10.6 Å². The number of hydrogen-bond donors (Lipinski definition) is 1. The Kier molecular flexibility index (Phi) is 5.62. The van der Waals surface area contributed by atoms with Crippen molar-refractivity contribution in [1.82, 2.24) is 4.90 Å². The zero-order chi connectivity index (χ0) is 17.7. The van der Waals surface area contributed by atoms with E-state index in [0.717, 1.165) is 11.6 Å². The monoisotopic (exact) mass is 336 g/mol. The van der Waals surface area contributed by atoms with Gasteiger partial charge >= 0.3 is 6.18 Å². The molecule has 0 saturated carbocycles. The molecule has 6 heteroatoms. The number of rotatable bonds is 5. The molecule has 1 atom stereocenters. The van der Waals surface area contributed by atoms with Gasteiger partial charge in [-0.25, -0.2) is 0 Å². The summed E-state index contributed by atoms with van der Waals surface area (Å²) in [6.07, 6.45) is -4.11. The van der Waals surface area contributed by atoms with Crippen LogP contribution in [0.1, 0.15) is 16.7 Å². The van der Waals surface area contributed by atoms with E-state index in [0.29, 0.717) is 6.42 Å². The highest BCUT2D eigenvalue weighted by Crippen LogP contribution is 2.32. The minimum Gasteiger partial charge on any atom is -0.340 e. The van der Waals surface area contributed by atoms with Crippen molar-refractivity contribution < 1.29 is 18.0 Å². The van der Waals surface area contributed by atoms with Crippen LogP contribution in [0.4, 0.5) is 13.2 Å². The van der Waals surface area contributed by atoms with Crippen LogP contribution in [0.2, 0.25) is 0 Å². The van der Waals surface area contributed by atoms with Crippen LogP contribution in [0.5, 0.6) is 0 Å². The smallest absolute Gasteiger partial charge is 0.340 e. The average molecular weight is 336 g/mol. The van der Waals surface area contributed by atoms with Crippen molar-refractivity contribution in [2.75, 3.05) is 7.05 Å². The quantitative estimate of drug-likeness (QED) is 0.911. The van der Waals surface area contributed by atoms with Crippen molar-refractivity contribution in [1.29, 1.82) is 0 Å². The molecule has 0 aliphatic rings. The van der Waals surface area contributed by atoms with Crippen LogP contribution in [0.15, 0.2) is 54.6 Å².